The molecule has 3 nitrogen and oxygen atoms in total. The Balaban J connectivity index is 2.27. The van der Waals surface area contributed by atoms with E-state index in [1.807, 2.05) is 6.07 Å². The molecule has 112 valence electrons. The maximum absolute atomic E-state index is 13.6. The fraction of sp³-hybridized carbons (Fsp3) is 0.471. The molecule has 1 aromatic carbocycles. The lowest BCUT2D eigenvalue weighted by Crippen LogP contribution is -2.19. The van der Waals surface area contributed by atoms with Gasteiger partial charge in [0.25, 0.3) is 0 Å². The van der Waals surface area contributed by atoms with Crippen molar-refractivity contribution >= 4 is 16.9 Å². The molecule has 1 atom stereocenters. The number of hydrogen-bond donors (Lipinski definition) is 0. The Hall–Kier alpha value is -1.84. The van der Waals surface area contributed by atoms with Crippen molar-refractivity contribution in [3.8, 4) is 0 Å². The molecule has 1 aliphatic rings. The van der Waals surface area contributed by atoms with Crippen LogP contribution in [0.1, 0.15) is 57.0 Å². The van der Waals surface area contributed by atoms with E-state index in [-0.39, 0.29) is 23.9 Å². The summed E-state index contributed by atoms with van der Waals surface area (Å²) < 4.78 is 21.3. The average Bonchev–Trinajstić information content (AvgIpc) is 2.73. The molecule has 21 heavy (non-hydrogen) atoms. The van der Waals surface area contributed by atoms with E-state index in [1.54, 1.807) is 6.07 Å². The zero-order chi connectivity index (χ0) is 15.1. The summed E-state index contributed by atoms with van der Waals surface area (Å²) in [6.45, 7) is 5.64. The first-order valence-corrected chi connectivity index (χ1v) is 7.48. The Morgan fingerprint density at radius 2 is 2.19 bits per heavy atom. The number of benzene rings is 1. The molecular weight excluding hydrogens is 269 g/mol. The minimum Gasteiger partial charge on any atom is -0.456 e. The van der Waals surface area contributed by atoms with Crippen LogP contribution in [0.25, 0.3) is 10.9 Å². The highest BCUT2D eigenvalue weighted by Crippen LogP contribution is 2.41. The van der Waals surface area contributed by atoms with E-state index in [0.29, 0.717) is 0 Å². The highest BCUT2D eigenvalue weighted by Gasteiger charge is 2.30. The van der Waals surface area contributed by atoms with E-state index < -0.39 is 0 Å². The van der Waals surface area contributed by atoms with Gasteiger partial charge in [0.05, 0.1) is 5.69 Å². The molecule has 0 fully saturated rings. The minimum absolute atomic E-state index is 0.218. The van der Waals surface area contributed by atoms with Gasteiger partial charge in [-0.1, -0.05) is 0 Å². The third-order valence-electron chi connectivity index (χ3n) is 4.13. The molecule has 1 aromatic heterocycles. The van der Waals surface area contributed by atoms with Gasteiger partial charge in [-0.3, -0.25) is 4.79 Å². The first-order valence-electron chi connectivity index (χ1n) is 7.48. The molecule has 1 aliphatic carbocycles. The molecule has 0 bridgehead atoms. The lowest BCUT2D eigenvalue weighted by atomic mass is 9.93. The van der Waals surface area contributed by atoms with Gasteiger partial charge in [0, 0.05) is 23.9 Å². The summed E-state index contributed by atoms with van der Waals surface area (Å²) >= 11 is 0. The molecule has 1 heterocycles. The monoisotopic (exact) mass is 289 g/mol. The summed E-state index contributed by atoms with van der Waals surface area (Å²) in [5.41, 5.74) is 3.21. The number of esters is 1. The Morgan fingerprint density at radius 3 is 2.86 bits per heavy atom. The summed E-state index contributed by atoms with van der Waals surface area (Å²) in [5.74, 6) is -0.486. The van der Waals surface area contributed by atoms with Crippen LogP contribution in [0.3, 0.4) is 0 Å². The van der Waals surface area contributed by atoms with Crippen LogP contribution in [-0.4, -0.2) is 10.5 Å². The third-order valence-corrected chi connectivity index (χ3v) is 4.13. The molecule has 0 saturated carbocycles. The van der Waals surface area contributed by atoms with Gasteiger partial charge >= 0.3 is 5.97 Å². The largest absolute Gasteiger partial charge is 0.456 e. The van der Waals surface area contributed by atoms with Crippen molar-refractivity contribution < 1.29 is 13.9 Å². The molecule has 2 aromatic rings. The molecule has 0 N–H and O–H groups in total. The summed E-state index contributed by atoms with van der Waals surface area (Å²) in [6.07, 6.45) is 2.48. The Labute approximate surface area is 123 Å². The van der Waals surface area contributed by atoms with Crippen LogP contribution in [0.2, 0.25) is 0 Å². The maximum Gasteiger partial charge on any atom is 0.303 e. The summed E-state index contributed by atoms with van der Waals surface area (Å²) in [7, 11) is 0. The van der Waals surface area contributed by atoms with Gasteiger partial charge in [-0.05, 0) is 56.9 Å². The second-order valence-corrected chi connectivity index (χ2v) is 5.98. The van der Waals surface area contributed by atoms with E-state index in [9.17, 15) is 9.18 Å². The predicted octanol–water partition coefficient (Wildman–Crippen LogP) is 4.30. The average molecular weight is 289 g/mol. The fourth-order valence-corrected chi connectivity index (χ4v) is 3.46. The van der Waals surface area contributed by atoms with E-state index >= 15 is 0 Å². The van der Waals surface area contributed by atoms with Gasteiger partial charge in [-0.15, -0.1) is 0 Å². The van der Waals surface area contributed by atoms with Gasteiger partial charge < -0.3 is 9.30 Å². The van der Waals surface area contributed by atoms with E-state index in [0.717, 1.165) is 41.4 Å². The number of aromatic nitrogens is 1. The Morgan fingerprint density at radius 1 is 1.43 bits per heavy atom. The van der Waals surface area contributed by atoms with Gasteiger partial charge in [-0.25, -0.2) is 4.39 Å². The van der Waals surface area contributed by atoms with Crippen molar-refractivity contribution in [2.75, 3.05) is 0 Å². The lowest BCUT2D eigenvalue weighted by molar-refractivity contribution is -0.147. The molecule has 0 amide bonds. The fourth-order valence-electron chi connectivity index (χ4n) is 3.46. The van der Waals surface area contributed by atoms with E-state index in [2.05, 4.69) is 18.4 Å². The van der Waals surface area contributed by atoms with Crippen molar-refractivity contribution in [3.05, 3.63) is 35.3 Å². The molecular formula is C17H20FNO2. The van der Waals surface area contributed by atoms with E-state index in [1.165, 1.54) is 13.0 Å². The molecule has 0 spiro atoms. The Bertz CT molecular complexity index is 702. The number of rotatable bonds is 2. The topological polar surface area (TPSA) is 31.2 Å². The normalized spacial score (nSPS) is 18.0. The molecule has 4 heteroatoms. The highest BCUT2D eigenvalue weighted by atomic mass is 19.1. The first-order chi connectivity index (χ1) is 9.99. The van der Waals surface area contributed by atoms with Crippen LogP contribution in [0.5, 0.6) is 0 Å². The minimum atomic E-state index is -0.264. The second-order valence-electron chi connectivity index (χ2n) is 5.98. The number of fused-ring (bicyclic) bond motifs is 3. The number of carbonyl (C=O) groups excluding carboxylic acids is 1. The van der Waals surface area contributed by atoms with Crippen LogP contribution < -0.4 is 0 Å². The van der Waals surface area contributed by atoms with Crippen LogP contribution in [0.15, 0.2) is 18.2 Å². The Kier molecular flexibility index (Phi) is 3.47. The van der Waals surface area contributed by atoms with Crippen LogP contribution >= 0.6 is 0 Å². The SMILES string of the molecule is CC(=O)OC1CCCc2c1n(C(C)C)c1ccc(F)cc21. The number of ether oxygens (including phenoxy) is 1. The third kappa shape index (κ3) is 2.33. The van der Waals surface area contributed by atoms with Gasteiger partial charge in [-0.2, -0.15) is 0 Å². The molecule has 0 aliphatic heterocycles. The van der Waals surface area contributed by atoms with Crippen LogP contribution in [0, 0.1) is 5.82 Å². The number of carbonyl (C=O) groups is 1. The van der Waals surface area contributed by atoms with Crippen LogP contribution in [-0.2, 0) is 16.0 Å². The lowest BCUT2D eigenvalue weighted by Gasteiger charge is -2.26. The maximum atomic E-state index is 13.6. The predicted molar refractivity (Wildman–Crippen MR) is 79.7 cm³/mol. The van der Waals surface area contributed by atoms with Crippen molar-refractivity contribution in [2.24, 2.45) is 0 Å². The molecule has 3 rings (SSSR count). The van der Waals surface area contributed by atoms with Crippen molar-refractivity contribution in [1.82, 2.24) is 4.57 Å². The zero-order valence-electron chi connectivity index (χ0n) is 12.6. The standard InChI is InChI=1S/C17H20FNO2/c1-10(2)19-15-8-7-12(18)9-14(15)13-5-4-6-16(17(13)19)21-11(3)20/h7-10,16H,4-6H2,1-3H3. The molecule has 0 radical (unpaired) electrons. The summed E-state index contributed by atoms with van der Waals surface area (Å²) in [4.78, 5) is 11.4. The second kappa shape index (κ2) is 5.17. The van der Waals surface area contributed by atoms with E-state index in [4.69, 9.17) is 4.74 Å². The highest BCUT2D eigenvalue weighted by molar-refractivity contribution is 5.86. The number of hydrogen-bond acceptors (Lipinski definition) is 2. The number of aryl methyl sites for hydroxylation is 1. The first kappa shape index (κ1) is 14.1. The summed E-state index contributed by atoms with van der Waals surface area (Å²) in [5, 5.41) is 0.954. The van der Waals surface area contributed by atoms with Crippen molar-refractivity contribution in [3.63, 3.8) is 0 Å². The van der Waals surface area contributed by atoms with Crippen molar-refractivity contribution in [2.45, 2.75) is 52.2 Å². The van der Waals surface area contributed by atoms with Crippen molar-refractivity contribution in [1.29, 1.82) is 0 Å². The van der Waals surface area contributed by atoms with Crippen LogP contribution in [0.4, 0.5) is 4.39 Å². The number of halogens is 1. The van der Waals surface area contributed by atoms with Gasteiger partial charge in [0.2, 0.25) is 0 Å². The van der Waals surface area contributed by atoms with Gasteiger partial charge in [0.1, 0.15) is 11.9 Å². The zero-order valence-corrected chi connectivity index (χ0v) is 12.6. The number of nitrogens with zero attached hydrogens (tertiary/aromatic N) is 1. The van der Waals surface area contributed by atoms with Gasteiger partial charge in [0.15, 0.2) is 0 Å². The summed E-state index contributed by atoms with van der Waals surface area (Å²) in [6, 6.07) is 5.16. The quantitative estimate of drug-likeness (QED) is 0.772. The molecule has 0 saturated heterocycles. The molecule has 1 unspecified atom stereocenters. The smallest absolute Gasteiger partial charge is 0.303 e.